The van der Waals surface area contributed by atoms with Crippen molar-refractivity contribution in [1.29, 1.82) is 0 Å². The van der Waals surface area contributed by atoms with E-state index in [0.29, 0.717) is 18.1 Å². The Kier molecular flexibility index (Phi) is 9.39. The van der Waals surface area contributed by atoms with Crippen LogP contribution >= 0.6 is 23.2 Å². The van der Waals surface area contributed by atoms with Crippen molar-refractivity contribution >= 4 is 35.2 Å². The lowest BCUT2D eigenvalue weighted by Crippen LogP contribution is -2.33. The van der Waals surface area contributed by atoms with Gasteiger partial charge in [-0.05, 0) is 62.6 Å². The zero-order valence-corrected chi connectivity index (χ0v) is 22.8. The molecule has 2 amide bonds. The van der Waals surface area contributed by atoms with Crippen LogP contribution in [0, 0.1) is 6.92 Å². The zero-order chi connectivity index (χ0) is 27.2. The van der Waals surface area contributed by atoms with E-state index in [1.54, 1.807) is 62.1 Å². The van der Waals surface area contributed by atoms with Gasteiger partial charge in [0.1, 0.15) is 5.60 Å². The summed E-state index contributed by atoms with van der Waals surface area (Å²) in [5.41, 5.74) is 1.81. The molecule has 0 unspecified atom stereocenters. The number of benzene rings is 1. The zero-order valence-electron chi connectivity index (χ0n) is 21.3. The molecule has 1 aromatic carbocycles. The predicted molar refractivity (Wildman–Crippen MR) is 143 cm³/mol. The molecule has 3 rings (SSSR count). The number of alkyl carbamates (subject to hydrolysis) is 1. The highest BCUT2D eigenvalue weighted by molar-refractivity contribution is 6.31. The molecule has 198 valence electrons. The van der Waals surface area contributed by atoms with Crippen molar-refractivity contribution in [1.82, 2.24) is 25.0 Å². The maximum atomic E-state index is 13.0. The molecule has 0 fully saturated rings. The van der Waals surface area contributed by atoms with Gasteiger partial charge in [-0.2, -0.15) is 5.10 Å². The maximum absolute atomic E-state index is 13.0. The van der Waals surface area contributed by atoms with E-state index >= 15 is 0 Å². The second-order valence-corrected chi connectivity index (χ2v) is 10.5. The minimum absolute atomic E-state index is 0.155. The molecule has 0 atom stereocenters. The highest BCUT2D eigenvalue weighted by Crippen LogP contribution is 2.17. The van der Waals surface area contributed by atoms with Gasteiger partial charge in [-0.3, -0.25) is 14.3 Å². The van der Waals surface area contributed by atoms with Crippen LogP contribution in [-0.2, 0) is 42.1 Å². The number of halogens is 2. The third-order valence-electron chi connectivity index (χ3n) is 5.34. The molecule has 0 aliphatic heterocycles. The van der Waals surface area contributed by atoms with Gasteiger partial charge in [0.05, 0.1) is 24.2 Å². The summed E-state index contributed by atoms with van der Waals surface area (Å²) in [6.45, 7) is 8.54. The van der Waals surface area contributed by atoms with Crippen molar-refractivity contribution < 1.29 is 14.3 Å². The number of hydrogen-bond acceptors (Lipinski definition) is 5. The molecule has 3 aromatic rings. The van der Waals surface area contributed by atoms with Gasteiger partial charge in [-0.15, -0.1) is 0 Å². The average molecular weight is 548 g/mol. The van der Waals surface area contributed by atoms with Gasteiger partial charge in [0, 0.05) is 42.6 Å². The summed E-state index contributed by atoms with van der Waals surface area (Å²) in [6.07, 6.45) is 4.53. The number of carbonyl (C=O) groups excluding carboxylic acids is 2. The molecular formula is C26H31Cl2N5O4. The largest absolute Gasteiger partial charge is 0.444 e. The summed E-state index contributed by atoms with van der Waals surface area (Å²) < 4.78 is 8.54. The van der Waals surface area contributed by atoms with Crippen molar-refractivity contribution in [3.63, 3.8) is 0 Å². The number of carbonyl (C=O) groups is 2. The van der Waals surface area contributed by atoms with E-state index in [4.69, 9.17) is 27.9 Å². The van der Waals surface area contributed by atoms with Gasteiger partial charge < -0.3 is 19.9 Å². The van der Waals surface area contributed by atoms with Gasteiger partial charge in [0.25, 0.3) is 5.56 Å². The van der Waals surface area contributed by atoms with Crippen LogP contribution in [0.5, 0.6) is 0 Å². The molecule has 0 spiro atoms. The van der Waals surface area contributed by atoms with E-state index in [1.165, 1.54) is 4.57 Å². The summed E-state index contributed by atoms with van der Waals surface area (Å²) in [7, 11) is 0. The normalized spacial score (nSPS) is 11.3. The molecule has 11 heteroatoms. The fraction of sp³-hybridized carbons (Fsp3) is 0.385. The quantitative estimate of drug-likeness (QED) is 0.416. The van der Waals surface area contributed by atoms with Gasteiger partial charge in [0.2, 0.25) is 5.91 Å². The van der Waals surface area contributed by atoms with Gasteiger partial charge >= 0.3 is 6.09 Å². The van der Waals surface area contributed by atoms with E-state index < -0.39 is 11.7 Å². The van der Waals surface area contributed by atoms with E-state index in [0.717, 1.165) is 16.7 Å². The van der Waals surface area contributed by atoms with E-state index in [1.807, 2.05) is 13.1 Å². The lowest BCUT2D eigenvalue weighted by molar-refractivity contribution is -0.120. The molecule has 2 N–H and O–H groups in total. The fourth-order valence-corrected chi connectivity index (χ4v) is 3.96. The van der Waals surface area contributed by atoms with E-state index in [2.05, 4.69) is 15.7 Å². The Bertz CT molecular complexity index is 1330. The number of amides is 2. The summed E-state index contributed by atoms with van der Waals surface area (Å²) in [4.78, 5) is 37.7. The van der Waals surface area contributed by atoms with Crippen molar-refractivity contribution in [2.45, 2.75) is 65.9 Å². The fourth-order valence-electron chi connectivity index (χ4n) is 3.56. The number of nitrogens with zero attached hydrogens (tertiary/aromatic N) is 3. The van der Waals surface area contributed by atoms with Gasteiger partial charge in [-0.1, -0.05) is 29.3 Å². The monoisotopic (exact) mass is 547 g/mol. The number of aromatic nitrogens is 3. The average Bonchev–Trinajstić information content (AvgIpc) is 3.23. The Hall–Kier alpha value is -3.30. The molecular weight excluding hydrogens is 517 g/mol. The third-order valence-corrected chi connectivity index (χ3v) is 5.93. The highest BCUT2D eigenvalue weighted by Gasteiger charge is 2.17. The molecule has 9 nitrogen and oxygen atoms in total. The van der Waals surface area contributed by atoms with Crippen molar-refractivity contribution in [3.05, 3.63) is 85.5 Å². The summed E-state index contributed by atoms with van der Waals surface area (Å²) in [5.74, 6) is -0.370. The van der Waals surface area contributed by atoms with Crippen LogP contribution in [0.2, 0.25) is 10.0 Å². The second-order valence-electron chi connectivity index (χ2n) is 9.64. The lowest BCUT2D eigenvalue weighted by Gasteiger charge is -2.20. The Morgan fingerprint density at radius 3 is 2.46 bits per heavy atom. The summed E-state index contributed by atoms with van der Waals surface area (Å²) >= 11 is 12.4. The Labute approximate surface area is 225 Å². The van der Waals surface area contributed by atoms with Gasteiger partial charge in [0.15, 0.2) is 0 Å². The first-order valence-corrected chi connectivity index (χ1v) is 12.5. The first-order valence-electron chi connectivity index (χ1n) is 11.8. The number of rotatable bonds is 9. The molecule has 0 aliphatic carbocycles. The number of hydrogen-bond donors (Lipinski definition) is 2. The molecule has 2 aromatic heterocycles. The number of pyridine rings is 1. The SMILES string of the molecule is Cc1cnn(CCn2ccc(Cl)c(CC(=O)NCc3cc(Cl)ccc3CNC(=O)OC(C)(C)C)c2=O)c1. The van der Waals surface area contributed by atoms with Crippen LogP contribution in [-0.4, -0.2) is 31.9 Å². The summed E-state index contributed by atoms with van der Waals surface area (Å²) in [5, 5.41) is 10.5. The number of nitrogens with one attached hydrogen (secondary N) is 2. The maximum Gasteiger partial charge on any atom is 0.407 e. The van der Waals surface area contributed by atoms with Crippen LogP contribution in [0.1, 0.15) is 43.0 Å². The van der Waals surface area contributed by atoms with Crippen molar-refractivity contribution in [3.8, 4) is 0 Å². The first-order chi connectivity index (χ1) is 17.4. The van der Waals surface area contributed by atoms with Gasteiger partial charge in [-0.25, -0.2) is 4.79 Å². The van der Waals surface area contributed by atoms with Crippen LogP contribution in [0.15, 0.2) is 47.7 Å². The molecule has 0 bridgehead atoms. The summed E-state index contributed by atoms with van der Waals surface area (Å²) in [6, 6.07) is 6.80. The molecule has 2 heterocycles. The number of aryl methyl sites for hydroxylation is 3. The minimum atomic E-state index is -0.615. The second kappa shape index (κ2) is 12.3. The van der Waals surface area contributed by atoms with Crippen LogP contribution in [0.4, 0.5) is 4.79 Å². The van der Waals surface area contributed by atoms with Crippen LogP contribution in [0.25, 0.3) is 0 Å². The Morgan fingerprint density at radius 2 is 1.78 bits per heavy atom. The Balaban J connectivity index is 1.63. The standard InChI is InChI=1S/C26H31Cl2N5O4/c1-17-13-31-33(16-17)10-9-32-8-7-22(28)21(24(32)35)12-23(34)29-15-19-11-20(27)6-5-18(19)14-30-25(36)37-26(2,3)4/h5-8,11,13,16H,9-10,12,14-15H2,1-4H3,(H,29,34)(H,30,36). The van der Waals surface area contributed by atoms with Crippen molar-refractivity contribution in [2.24, 2.45) is 0 Å². The topological polar surface area (TPSA) is 107 Å². The molecule has 0 radical (unpaired) electrons. The predicted octanol–water partition coefficient (Wildman–Crippen LogP) is 4.24. The smallest absolute Gasteiger partial charge is 0.407 e. The van der Waals surface area contributed by atoms with Crippen molar-refractivity contribution in [2.75, 3.05) is 0 Å². The molecule has 37 heavy (non-hydrogen) atoms. The van der Waals surface area contributed by atoms with Crippen LogP contribution < -0.4 is 16.2 Å². The molecule has 0 saturated carbocycles. The Morgan fingerprint density at radius 1 is 1.05 bits per heavy atom. The molecule has 0 saturated heterocycles. The minimum Gasteiger partial charge on any atom is -0.444 e. The number of ether oxygens (including phenoxy) is 1. The van der Waals surface area contributed by atoms with Crippen LogP contribution in [0.3, 0.4) is 0 Å². The van der Waals surface area contributed by atoms with E-state index in [9.17, 15) is 14.4 Å². The molecule has 0 aliphatic rings. The first kappa shape index (κ1) is 28.3. The lowest BCUT2D eigenvalue weighted by atomic mass is 10.1. The highest BCUT2D eigenvalue weighted by atomic mass is 35.5. The third kappa shape index (κ3) is 8.65. The van der Waals surface area contributed by atoms with E-state index in [-0.39, 0.29) is 41.6 Å².